The molecule has 1 saturated carbocycles. The van der Waals surface area contributed by atoms with Gasteiger partial charge in [-0.3, -0.25) is 4.79 Å². The van der Waals surface area contributed by atoms with Crippen LogP contribution in [-0.2, 0) is 16.0 Å². The van der Waals surface area contributed by atoms with E-state index in [1.165, 1.54) is 12.8 Å². The zero-order valence-corrected chi connectivity index (χ0v) is 16.0. The summed E-state index contributed by atoms with van der Waals surface area (Å²) in [5.74, 6) is 0.0175. The number of carboxylic acids is 1. The van der Waals surface area contributed by atoms with Crippen molar-refractivity contribution in [2.75, 3.05) is 0 Å². The van der Waals surface area contributed by atoms with Gasteiger partial charge in [0, 0.05) is 18.8 Å². The molecule has 0 radical (unpaired) electrons. The number of benzene rings is 2. The first-order chi connectivity index (χ1) is 14.1. The molecule has 2 aromatic carbocycles. The van der Waals surface area contributed by atoms with Gasteiger partial charge in [-0.25, -0.2) is 4.79 Å². The van der Waals surface area contributed by atoms with Gasteiger partial charge in [-0.05, 0) is 35.2 Å². The number of hydrogen-bond acceptors (Lipinski definition) is 5. The van der Waals surface area contributed by atoms with Crippen LogP contribution >= 0.6 is 0 Å². The Bertz CT molecular complexity index is 1020. The van der Waals surface area contributed by atoms with Gasteiger partial charge in [-0.15, -0.1) is 0 Å². The second kappa shape index (κ2) is 8.43. The van der Waals surface area contributed by atoms with Crippen molar-refractivity contribution in [3.05, 3.63) is 59.7 Å². The number of nitrogens with zero attached hydrogens (tertiary/aromatic N) is 2. The Morgan fingerprint density at radius 3 is 2.66 bits per heavy atom. The second-order valence-corrected chi connectivity index (χ2v) is 7.47. The van der Waals surface area contributed by atoms with Crippen LogP contribution in [0.1, 0.15) is 61.3 Å². The van der Waals surface area contributed by atoms with Crippen LogP contribution in [-0.4, -0.2) is 27.1 Å². The molecule has 29 heavy (non-hydrogen) atoms. The van der Waals surface area contributed by atoms with Gasteiger partial charge in [0.2, 0.25) is 11.8 Å². The van der Waals surface area contributed by atoms with Crippen LogP contribution < -0.4 is 5.32 Å². The summed E-state index contributed by atoms with van der Waals surface area (Å²) in [6.45, 7) is 0. The molecular formula is C22H23N3O4. The number of aromatic nitrogens is 2. The van der Waals surface area contributed by atoms with Gasteiger partial charge in [0.1, 0.15) is 0 Å². The van der Waals surface area contributed by atoms with Crippen LogP contribution in [0, 0.1) is 0 Å². The number of fused-ring (bicyclic) bond motifs is 1. The molecule has 7 heteroatoms. The van der Waals surface area contributed by atoms with E-state index in [1.54, 1.807) is 12.1 Å². The largest absolute Gasteiger partial charge is 0.479 e. The summed E-state index contributed by atoms with van der Waals surface area (Å²) in [6.07, 6.45) is 4.89. The Morgan fingerprint density at radius 2 is 1.90 bits per heavy atom. The molecule has 0 bridgehead atoms. The predicted molar refractivity (Wildman–Crippen MR) is 106 cm³/mol. The summed E-state index contributed by atoms with van der Waals surface area (Å²) in [5, 5.41) is 18.2. The van der Waals surface area contributed by atoms with Crippen LogP contribution in [0.15, 0.2) is 47.0 Å². The number of amides is 1. The van der Waals surface area contributed by atoms with Gasteiger partial charge in [0.15, 0.2) is 11.9 Å². The van der Waals surface area contributed by atoms with Crippen molar-refractivity contribution in [2.45, 2.75) is 50.5 Å². The average molecular weight is 393 g/mol. The lowest BCUT2D eigenvalue weighted by Crippen LogP contribution is -2.33. The zero-order chi connectivity index (χ0) is 20.2. The topological polar surface area (TPSA) is 105 Å². The van der Waals surface area contributed by atoms with E-state index in [1.807, 2.05) is 30.3 Å². The Labute approximate surface area is 168 Å². The molecule has 1 aromatic heterocycles. The summed E-state index contributed by atoms with van der Waals surface area (Å²) >= 11 is 0. The van der Waals surface area contributed by atoms with Gasteiger partial charge in [0.25, 0.3) is 0 Å². The molecule has 150 valence electrons. The predicted octanol–water partition coefficient (Wildman–Crippen LogP) is 3.76. The maximum Gasteiger partial charge on any atom is 0.330 e. The minimum Gasteiger partial charge on any atom is -0.479 e. The third-order valence-corrected chi connectivity index (χ3v) is 5.43. The summed E-state index contributed by atoms with van der Waals surface area (Å²) in [6, 6.07) is 12.0. The molecule has 1 unspecified atom stereocenters. The van der Waals surface area contributed by atoms with Crippen LogP contribution in [0.2, 0.25) is 0 Å². The zero-order valence-electron chi connectivity index (χ0n) is 16.0. The molecule has 0 spiro atoms. The van der Waals surface area contributed by atoms with E-state index in [4.69, 9.17) is 4.52 Å². The molecule has 3 aromatic rings. The van der Waals surface area contributed by atoms with E-state index < -0.39 is 12.0 Å². The Morgan fingerprint density at radius 1 is 1.14 bits per heavy atom. The molecule has 1 heterocycles. The van der Waals surface area contributed by atoms with Crippen molar-refractivity contribution in [1.29, 1.82) is 0 Å². The molecule has 1 atom stereocenters. The number of aryl methyl sites for hydroxylation is 1. The maximum absolute atomic E-state index is 12.4. The van der Waals surface area contributed by atoms with Crippen molar-refractivity contribution in [3.63, 3.8) is 0 Å². The first kappa shape index (κ1) is 19.1. The average Bonchev–Trinajstić information content (AvgIpc) is 3.41. The highest BCUT2D eigenvalue weighted by atomic mass is 16.5. The smallest absolute Gasteiger partial charge is 0.330 e. The summed E-state index contributed by atoms with van der Waals surface area (Å²) in [5.41, 5.74) is 0.533. The molecule has 0 aliphatic heterocycles. The number of rotatable bonds is 7. The second-order valence-electron chi connectivity index (χ2n) is 7.47. The third-order valence-electron chi connectivity index (χ3n) is 5.43. The van der Waals surface area contributed by atoms with E-state index >= 15 is 0 Å². The van der Waals surface area contributed by atoms with E-state index in [0.717, 1.165) is 29.4 Å². The lowest BCUT2D eigenvalue weighted by atomic mass is 10.0. The number of aliphatic carboxylic acids is 1. The highest BCUT2D eigenvalue weighted by molar-refractivity contribution is 5.88. The van der Waals surface area contributed by atoms with Crippen LogP contribution in [0.4, 0.5) is 0 Å². The minimum absolute atomic E-state index is 0.0870. The normalized spacial score (nSPS) is 15.4. The van der Waals surface area contributed by atoms with Crippen molar-refractivity contribution in [3.8, 4) is 0 Å². The molecule has 4 rings (SSSR count). The molecule has 1 fully saturated rings. The van der Waals surface area contributed by atoms with Crippen LogP contribution in [0.3, 0.4) is 0 Å². The highest BCUT2D eigenvalue weighted by Gasteiger charge is 2.24. The van der Waals surface area contributed by atoms with Gasteiger partial charge in [-0.1, -0.05) is 54.4 Å². The van der Waals surface area contributed by atoms with Crippen molar-refractivity contribution in [2.24, 2.45) is 0 Å². The van der Waals surface area contributed by atoms with Crippen molar-refractivity contribution >= 4 is 22.6 Å². The van der Waals surface area contributed by atoms with E-state index in [-0.39, 0.29) is 18.7 Å². The number of hydrogen-bond donors (Lipinski definition) is 2. The number of carbonyl (C=O) groups excluding carboxylic acids is 1. The van der Waals surface area contributed by atoms with Crippen LogP contribution in [0.25, 0.3) is 10.8 Å². The van der Waals surface area contributed by atoms with E-state index in [0.29, 0.717) is 17.4 Å². The molecule has 7 nitrogen and oxygen atoms in total. The van der Waals surface area contributed by atoms with Crippen LogP contribution in [0.5, 0.6) is 0 Å². The van der Waals surface area contributed by atoms with Crippen molar-refractivity contribution in [1.82, 2.24) is 15.5 Å². The lowest BCUT2D eigenvalue weighted by Gasteiger charge is -2.15. The lowest BCUT2D eigenvalue weighted by molar-refractivity contribution is -0.142. The standard InChI is InChI=1S/C22H23N3O4/c26-18(11-12-19-24-21(25-29-19)15-6-2-3-7-15)23-20(22(27)28)17-10-9-14-5-1-4-8-16(14)13-17/h1,4-5,8-10,13,15,20H,2-3,6-7,11-12H2,(H,23,26)(H,27,28). The number of carboxylic acid groups (broad SMARTS) is 1. The molecule has 0 saturated heterocycles. The Kier molecular flexibility index (Phi) is 5.55. The molecule has 1 aliphatic carbocycles. The highest BCUT2D eigenvalue weighted by Crippen LogP contribution is 2.32. The third kappa shape index (κ3) is 4.45. The first-order valence-electron chi connectivity index (χ1n) is 9.93. The summed E-state index contributed by atoms with van der Waals surface area (Å²) < 4.78 is 5.26. The van der Waals surface area contributed by atoms with E-state index in [9.17, 15) is 14.7 Å². The van der Waals surface area contributed by atoms with Gasteiger partial charge < -0.3 is 14.9 Å². The van der Waals surface area contributed by atoms with Crippen molar-refractivity contribution < 1.29 is 19.2 Å². The first-order valence-corrected chi connectivity index (χ1v) is 9.93. The summed E-state index contributed by atoms with van der Waals surface area (Å²) in [7, 11) is 0. The van der Waals surface area contributed by atoms with Gasteiger partial charge >= 0.3 is 5.97 Å². The molecule has 2 N–H and O–H groups in total. The fourth-order valence-corrected chi connectivity index (χ4v) is 3.85. The SMILES string of the molecule is O=C(CCc1nc(C2CCCC2)no1)NC(C(=O)O)c1ccc2ccccc2c1. The van der Waals surface area contributed by atoms with Gasteiger partial charge in [-0.2, -0.15) is 4.98 Å². The Hall–Kier alpha value is -3.22. The minimum atomic E-state index is -1.11. The number of carbonyl (C=O) groups is 2. The monoisotopic (exact) mass is 393 g/mol. The Balaban J connectivity index is 1.39. The quantitative estimate of drug-likeness (QED) is 0.633. The fraction of sp³-hybridized carbons (Fsp3) is 0.364. The summed E-state index contributed by atoms with van der Waals surface area (Å²) in [4.78, 5) is 28.5. The molecule has 1 aliphatic rings. The number of nitrogens with one attached hydrogen (secondary N) is 1. The van der Waals surface area contributed by atoms with Gasteiger partial charge in [0.05, 0.1) is 0 Å². The molecular weight excluding hydrogens is 370 g/mol. The maximum atomic E-state index is 12.4. The molecule has 1 amide bonds. The fourth-order valence-electron chi connectivity index (χ4n) is 3.85. The van der Waals surface area contributed by atoms with E-state index in [2.05, 4.69) is 15.5 Å².